The molecule has 0 saturated carbocycles. The molecule has 0 aromatic rings. The predicted molar refractivity (Wildman–Crippen MR) is 42.4 cm³/mol. The summed E-state index contributed by atoms with van der Waals surface area (Å²) in [7, 11) is 0. The molecule has 0 aromatic heterocycles. The third-order valence-electron chi connectivity index (χ3n) is 1.15. The van der Waals surface area contributed by atoms with Gasteiger partial charge in [-0.2, -0.15) is 0 Å². The first-order valence-electron chi connectivity index (χ1n) is 3.15. The Morgan fingerprint density at radius 3 is 2.00 bits per heavy atom. The maximum Gasteiger partial charge on any atom is 0.155 e. The molecule has 0 heterocycles. The van der Waals surface area contributed by atoms with Crippen molar-refractivity contribution in [1.82, 2.24) is 0 Å². The molecule has 0 spiro atoms. The van der Waals surface area contributed by atoms with Crippen molar-refractivity contribution in [3.8, 4) is 0 Å². The summed E-state index contributed by atoms with van der Waals surface area (Å²) in [5.41, 5.74) is 6.78. The molecule has 0 fully saturated rings. The third-order valence-corrected chi connectivity index (χ3v) is 1.15. The number of allylic oxidation sites excluding steroid dienone is 4. The summed E-state index contributed by atoms with van der Waals surface area (Å²) in [4.78, 5) is 10.6. The van der Waals surface area contributed by atoms with Crippen LogP contribution in [-0.2, 0) is 4.79 Å². The molecule has 0 aliphatic rings. The Bertz CT molecular complexity index is 185. The van der Waals surface area contributed by atoms with Gasteiger partial charge in [0.25, 0.3) is 0 Å². The fourth-order valence-corrected chi connectivity index (χ4v) is 0.374. The lowest BCUT2D eigenvalue weighted by atomic mass is 10.2. The molecule has 0 unspecified atom stereocenters. The molecule has 0 saturated heterocycles. The molecule has 0 atom stereocenters. The van der Waals surface area contributed by atoms with Crippen LogP contribution in [0, 0.1) is 0 Å². The standard InChI is InChI=1S/C8H13NO/c1-6(8(3)10)4-5-7(2)9/h4-5H,9H2,1-3H3/b6-4+,7-5-. The number of Topliss-reactive ketones (excluding diaryl/α,β-unsaturated/α-hetero) is 1. The van der Waals surface area contributed by atoms with E-state index in [1.54, 1.807) is 26.0 Å². The molecular formula is C8H13NO. The van der Waals surface area contributed by atoms with E-state index in [1.165, 1.54) is 6.92 Å². The maximum absolute atomic E-state index is 10.6. The number of nitrogens with two attached hydrogens (primary N) is 1. The fourth-order valence-electron chi connectivity index (χ4n) is 0.374. The smallest absolute Gasteiger partial charge is 0.155 e. The maximum atomic E-state index is 10.6. The molecule has 0 aliphatic heterocycles. The van der Waals surface area contributed by atoms with Crippen molar-refractivity contribution in [2.45, 2.75) is 20.8 Å². The second-order valence-corrected chi connectivity index (χ2v) is 2.32. The van der Waals surface area contributed by atoms with Crippen LogP contribution in [0.3, 0.4) is 0 Å². The number of carbonyl (C=O) groups excluding carboxylic acids is 1. The van der Waals surface area contributed by atoms with E-state index in [-0.39, 0.29) is 5.78 Å². The Morgan fingerprint density at radius 2 is 1.70 bits per heavy atom. The van der Waals surface area contributed by atoms with Crippen LogP contribution in [0.2, 0.25) is 0 Å². The first-order valence-corrected chi connectivity index (χ1v) is 3.15. The second-order valence-electron chi connectivity index (χ2n) is 2.32. The van der Waals surface area contributed by atoms with E-state index < -0.39 is 0 Å². The molecule has 0 aliphatic carbocycles. The van der Waals surface area contributed by atoms with E-state index in [2.05, 4.69) is 0 Å². The zero-order valence-corrected chi connectivity index (χ0v) is 6.64. The first-order chi connectivity index (χ1) is 4.54. The number of hydrogen-bond acceptors (Lipinski definition) is 2. The Hall–Kier alpha value is -1.05. The topological polar surface area (TPSA) is 43.1 Å². The van der Waals surface area contributed by atoms with Crippen LogP contribution in [0.25, 0.3) is 0 Å². The zero-order valence-electron chi connectivity index (χ0n) is 6.64. The molecule has 0 rings (SSSR count). The second kappa shape index (κ2) is 3.88. The van der Waals surface area contributed by atoms with E-state index in [0.29, 0.717) is 5.70 Å². The number of ketones is 1. The minimum absolute atomic E-state index is 0.0810. The van der Waals surface area contributed by atoms with Gasteiger partial charge in [-0.15, -0.1) is 0 Å². The highest BCUT2D eigenvalue weighted by atomic mass is 16.1. The zero-order chi connectivity index (χ0) is 8.15. The summed E-state index contributed by atoms with van der Waals surface area (Å²) in [5.74, 6) is 0.0810. The van der Waals surface area contributed by atoms with E-state index >= 15 is 0 Å². The van der Waals surface area contributed by atoms with Gasteiger partial charge in [-0.25, -0.2) is 0 Å². The monoisotopic (exact) mass is 139 g/mol. The van der Waals surface area contributed by atoms with Crippen LogP contribution in [0.15, 0.2) is 23.4 Å². The Morgan fingerprint density at radius 1 is 1.20 bits per heavy atom. The molecule has 0 amide bonds. The van der Waals surface area contributed by atoms with Gasteiger partial charge in [0.05, 0.1) is 0 Å². The summed E-state index contributed by atoms with van der Waals surface area (Å²) in [6.45, 7) is 5.08. The molecule has 10 heavy (non-hydrogen) atoms. The Labute approximate surface area is 61.4 Å². The third kappa shape index (κ3) is 3.89. The van der Waals surface area contributed by atoms with E-state index in [4.69, 9.17) is 5.73 Å². The van der Waals surface area contributed by atoms with Gasteiger partial charge in [0.1, 0.15) is 0 Å². The van der Waals surface area contributed by atoms with Crippen LogP contribution < -0.4 is 5.73 Å². The quantitative estimate of drug-likeness (QED) is 0.464. The summed E-state index contributed by atoms with van der Waals surface area (Å²) >= 11 is 0. The molecule has 2 heteroatoms. The molecule has 2 N–H and O–H groups in total. The lowest BCUT2D eigenvalue weighted by Crippen LogP contribution is -1.92. The SMILES string of the molecule is CC(=O)/C(C)=C/C=C(/C)N. The van der Waals surface area contributed by atoms with Crippen LogP contribution >= 0.6 is 0 Å². The minimum atomic E-state index is 0.0810. The molecule has 2 nitrogen and oxygen atoms in total. The van der Waals surface area contributed by atoms with E-state index in [1.807, 2.05) is 0 Å². The van der Waals surface area contributed by atoms with Crippen molar-refractivity contribution in [3.63, 3.8) is 0 Å². The number of hydrogen-bond donors (Lipinski definition) is 1. The average molecular weight is 139 g/mol. The molecule has 0 aromatic carbocycles. The van der Waals surface area contributed by atoms with Gasteiger partial charge in [0, 0.05) is 5.70 Å². The number of carbonyl (C=O) groups is 1. The summed E-state index contributed by atoms with van der Waals surface area (Å²) in [6.07, 6.45) is 3.44. The molecule has 0 radical (unpaired) electrons. The Kier molecular flexibility index (Phi) is 3.47. The largest absolute Gasteiger partial charge is 0.402 e. The van der Waals surface area contributed by atoms with Crippen molar-refractivity contribution in [3.05, 3.63) is 23.4 Å². The van der Waals surface area contributed by atoms with E-state index in [9.17, 15) is 4.79 Å². The van der Waals surface area contributed by atoms with Crippen molar-refractivity contribution in [1.29, 1.82) is 0 Å². The van der Waals surface area contributed by atoms with Gasteiger partial charge >= 0.3 is 0 Å². The fraction of sp³-hybridized carbons (Fsp3) is 0.375. The minimum Gasteiger partial charge on any atom is -0.402 e. The van der Waals surface area contributed by atoms with Crippen LogP contribution in [0.4, 0.5) is 0 Å². The van der Waals surface area contributed by atoms with Crippen LogP contribution in [0.5, 0.6) is 0 Å². The first kappa shape index (κ1) is 8.95. The normalized spacial score (nSPS) is 13.5. The van der Waals surface area contributed by atoms with Gasteiger partial charge in [-0.1, -0.05) is 6.08 Å². The van der Waals surface area contributed by atoms with Crippen LogP contribution in [0.1, 0.15) is 20.8 Å². The van der Waals surface area contributed by atoms with Gasteiger partial charge in [0.2, 0.25) is 0 Å². The van der Waals surface area contributed by atoms with Gasteiger partial charge in [-0.3, -0.25) is 4.79 Å². The van der Waals surface area contributed by atoms with Gasteiger partial charge in [-0.05, 0) is 32.4 Å². The van der Waals surface area contributed by atoms with Crippen LogP contribution in [-0.4, -0.2) is 5.78 Å². The van der Waals surface area contributed by atoms with Crippen molar-refractivity contribution in [2.24, 2.45) is 5.73 Å². The van der Waals surface area contributed by atoms with Crippen molar-refractivity contribution >= 4 is 5.78 Å². The van der Waals surface area contributed by atoms with Crippen molar-refractivity contribution in [2.75, 3.05) is 0 Å². The molecule has 0 bridgehead atoms. The number of rotatable bonds is 2. The highest BCUT2D eigenvalue weighted by Gasteiger charge is 1.91. The lowest BCUT2D eigenvalue weighted by molar-refractivity contribution is -0.113. The Balaban J connectivity index is 4.19. The highest BCUT2D eigenvalue weighted by molar-refractivity contribution is 5.92. The molecular weight excluding hydrogens is 126 g/mol. The lowest BCUT2D eigenvalue weighted by Gasteiger charge is -1.89. The molecule has 56 valence electrons. The highest BCUT2D eigenvalue weighted by Crippen LogP contribution is 1.94. The summed E-state index contributed by atoms with van der Waals surface area (Å²) in [6, 6.07) is 0. The summed E-state index contributed by atoms with van der Waals surface area (Å²) in [5, 5.41) is 0. The van der Waals surface area contributed by atoms with Gasteiger partial charge < -0.3 is 5.73 Å². The summed E-state index contributed by atoms with van der Waals surface area (Å²) < 4.78 is 0. The van der Waals surface area contributed by atoms with E-state index in [0.717, 1.165) is 5.57 Å². The average Bonchev–Trinajstić information content (AvgIpc) is 1.82. The van der Waals surface area contributed by atoms with Crippen molar-refractivity contribution < 1.29 is 4.79 Å². The predicted octanol–water partition coefficient (Wildman–Crippen LogP) is 1.38. The van der Waals surface area contributed by atoms with Gasteiger partial charge in [0.15, 0.2) is 5.78 Å².